The average Bonchev–Trinajstić information content (AvgIpc) is 2.20. The molecule has 15 heavy (non-hydrogen) atoms. The van der Waals surface area contributed by atoms with Crippen LogP contribution in [-0.4, -0.2) is 4.98 Å². The van der Waals surface area contributed by atoms with E-state index in [1.165, 1.54) is 11.1 Å². The van der Waals surface area contributed by atoms with E-state index in [9.17, 15) is 0 Å². The highest BCUT2D eigenvalue weighted by Gasteiger charge is 2.04. The van der Waals surface area contributed by atoms with E-state index < -0.39 is 0 Å². The third kappa shape index (κ3) is 1.57. The molecule has 0 saturated carbocycles. The van der Waals surface area contributed by atoms with Gasteiger partial charge in [-0.15, -0.1) is 0 Å². The van der Waals surface area contributed by atoms with Gasteiger partial charge < -0.3 is 0 Å². The smallest absolute Gasteiger partial charge is 0.208 e. The molecule has 1 heterocycles. The van der Waals surface area contributed by atoms with Crippen LogP contribution in [0.4, 0.5) is 5.69 Å². The second kappa shape index (κ2) is 3.36. The zero-order valence-corrected chi connectivity index (χ0v) is 9.13. The summed E-state index contributed by atoms with van der Waals surface area (Å²) in [4.78, 5) is 7.89. The number of benzene rings is 1. The maximum absolute atomic E-state index is 7.04. The molecule has 0 atom stereocenters. The van der Waals surface area contributed by atoms with Gasteiger partial charge in [0.1, 0.15) is 0 Å². The van der Waals surface area contributed by atoms with Gasteiger partial charge >= 0.3 is 0 Å². The molecule has 2 rings (SSSR count). The lowest BCUT2D eigenvalue weighted by Gasteiger charge is -2.05. The summed E-state index contributed by atoms with van der Waals surface area (Å²) < 4.78 is 0. The first-order chi connectivity index (χ1) is 7.11. The highest BCUT2D eigenvalue weighted by Crippen LogP contribution is 2.25. The van der Waals surface area contributed by atoms with Gasteiger partial charge in [0.05, 0.1) is 12.1 Å². The van der Waals surface area contributed by atoms with E-state index in [-0.39, 0.29) is 0 Å². The van der Waals surface area contributed by atoms with Crippen LogP contribution < -0.4 is 0 Å². The fourth-order valence-electron chi connectivity index (χ4n) is 1.64. The summed E-state index contributed by atoms with van der Waals surface area (Å²) in [6.45, 7) is 13.1. The predicted molar refractivity (Wildman–Crippen MR) is 62.2 cm³/mol. The topological polar surface area (TPSA) is 17.2 Å². The van der Waals surface area contributed by atoms with Crippen LogP contribution in [0, 0.1) is 27.3 Å². The number of aromatic nitrogens is 1. The Labute approximate surface area is 89.4 Å². The molecule has 0 aliphatic heterocycles. The summed E-state index contributed by atoms with van der Waals surface area (Å²) in [6.07, 6.45) is 0. The van der Waals surface area contributed by atoms with E-state index in [1.807, 2.05) is 13.0 Å². The Morgan fingerprint density at radius 1 is 1.07 bits per heavy atom. The van der Waals surface area contributed by atoms with Gasteiger partial charge in [-0.25, -0.2) is 4.85 Å². The lowest BCUT2D eigenvalue weighted by Crippen LogP contribution is -1.87. The number of hydrogen-bond donors (Lipinski definition) is 0. The minimum atomic E-state index is 0.644. The number of nitrogens with zero attached hydrogens (tertiary/aromatic N) is 2. The Hall–Kier alpha value is -1.88. The Bertz CT molecular complexity index is 577. The van der Waals surface area contributed by atoms with E-state index in [1.54, 1.807) is 0 Å². The van der Waals surface area contributed by atoms with Gasteiger partial charge in [0.25, 0.3) is 0 Å². The lowest BCUT2D eigenvalue weighted by molar-refractivity contribution is 1.25. The minimum Gasteiger partial charge on any atom is -0.265 e. The second-order valence-corrected chi connectivity index (χ2v) is 3.83. The van der Waals surface area contributed by atoms with Crippen molar-refractivity contribution < 1.29 is 0 Å². The molecule has 0 aliphatic carbocycles. The molecule has 0 unspecified atom stereocenters. The van der Waals surface area contributed by atoms with Crippen LogP contribution in [0.2, 0.25) is 0 Å². The molecule has 0 aliphatic rings. The fourth-order valence-corrected chi connectivity index (χ4v) is 1.64. The van der Waals surface area contributed by atoms with Crippen molar-refractivity contribution in [3.05, 3.63) is 46.4 Å². The molecule has 0 N–H and O–H groups in total. The minimum absolute atomic E-state index is 0.644. The first kappa shape index (κ1) is 9.67. The molecule has 1 aromatic heterocycles. The molecular formula is C13H12N2. The highest BCUT2D eigenvalue weighted by molar-refractivity contribution is 5.84. The summed E-state index contributed by atoms with van der Waals surface area (Å²) >= 11 is 0. The normalized spacial score (nSPS) is 10.3. The molecule has 0 fully saturated rings. The zero-order chi connectivity index (χ0) is 11.0. The summed E-state index contributed by atoms with van der Waals surface area (Å²) in [6, 6.07) is 6.08. The number of rotatable bonds is 0. The van der Waals surface area contributed by atoms with E-state index in [0.717, 1.165) is 16.6 Å². The SMILES string of the molecule is [C-]#[N+]c1cc2cc(C)c(C)cc2nc1C. The summed E-state index contributed by atoms with van der Waals surface area (Å²) in [5.41, 5.74) is 4.91. The molecule has 0 amide bonds. The van der Waals surface area contributed by atoms with Crippen LogP contribution in [0.3, 0.4) is 0 Å². The molecule has 74 valence electrons. The third-order valence-corrected chi connectivity index (χ3v) is 2.71. The van der Waals surface area contributed by atoms with Crippen LogP contribution in [0.15, 0.2) is 18.2 Å². The Kier molecular flexibility index (Phi) is 2.17. The number of hydrogen-bond acceptors (Lipinski definition) is 1. The molecule has 0 spiro atoms. The Morgan fingerprint density at radius 2 is 1.73 bits per heavy atom. The Morgan fingerprint density at radius 3 is 2.40 bits per heavy atom. The van der Waals surface area contributed by atoms with Crippen molar-refractivity contribution in [3.8, 4) is 0 Å². The fraction of sp³-hybridized carbons (Fsp3) is 0.231. The lowest BCUT2D eigenvalue weighted by atomic mass is 10.1. The van der Waals surface area contributed by atoms with Crippen LogP contribution in [0.25, 0.3) is 15.7 Å². The number of fused-ring (bicyclic) bond motifs is 1. The van der Waals surface area contributed by atoms with Crippen molar-refractivity contribution >= 4 is 16.6 Å². The van der Waals surface area contributed by atoms with Crippen molar-refractivity contribution in [2.24, 2.45) is 0 Å². The molecular weight excluding hydrogens is 184 g/mol. The van der Waals surface area contributed by atoms with Gasteiger partial charge in [-0.1, -0.05) is 6.07 Å². The van der Waals surface area contributed by atoms with Gasteiger partial charge in [-0.2, -0.15) is 0 Å². The first-order valence-corrected chi connectivity index (χ1v) is 4.88. The highest BCUT2D eigenvalue weighted by atomic mass is 14.8. The number of aryl methyl sites for hydroxylation is 3. The van der Waals surface area contributed by atoms with Crippen molar-refractivity contribution in [3.63, 3.8) is 0 Å². The Balaban J connectivity index is 2.84. The van der Waals surface area contributed by atoms with Crippen LogP contribution >= 0.6 is 0 Å². The quantitative estimate of drug-likeness (QED) is 0.587. The maximum Gasteiger partial charge on any atom is 0.208 e. The molecule has 0 radical (unpaired) electrons. The average molecular weight is 196 g/mol. The van der Waals surface area contributed by atoms with Gasteiger partial charge in [-0.3, -0.25) is 4.98 Å². The maximum atomic E-state index is 7.04. The van der Waals surface area contributed by atoms with Gasteiger partial charge in [0, 0.05) is 5.69 Å². The molecule has 1 aromatic carbocycles. The van der Waals surface area contributed by atoms with E-state index in [0.29, 0.717) is 5.69 Å². The number of pyridine rings is 1. The van der Waals surface area contributed by atoms with Crippen molar-refractivity contribution in [2.75, 3.05) is 0 Å². The molecule has 0 bridgehead atoms. The van der Waals surface area contributed by atoms with Gasteiger partial charge in [-0.05, 0) is 49.4 Å². The van der Waals surface area contributed by atoms with Crippen LogP contribution in [-0.2, 0) is 0 Å². The molecule has 2 heteroatoms. The summed E-state index contributed by atoms with van der Waals surface area (Å²) in [5, 5.41) is 1.05. The standard InChI is InChI=1S/C13H12N2/c1-8-5-11-7-12(14-4)10(3)15-13(11)6-9(8)2/h5-7H,1-3H3. The molecule has 0 saturated heterocycles. The predicted octanol–water partition coefficient (Wildman–Crippen LogP) is 3.71. The van der Waals surface area contributed by atoms with Crippen molar-refractivity contribution in [1.29, 1.82) is 0 Å². The largest absolute Gasteiger partial charge is 0.265 e. The van der Waals surface area contributed by atoms with Gasteiger partial charge in [0.2, 0.25) is 5.69 Å². The summed E-state index contributed by atoms with van der Waals surface area (Å²) in [5.74, 6) is 0. The third-order valence-electron chi connectivity index (χ3n) is 2.71. The first-order valence-electron chi connectivity index (χ1n) is 4.88. The monoisotopic (exact) mass is 196 g/mol. The van der Waals surface area contributed by atoms with Gasteiger partial charge in [0.15, 0.2) is 0 Å². The van der Waals surface area contributed by atoms with E-state index >= 15 is 0 Å². The zero-order valence-electron chi connectivity index (χ0n) is 9.13. The summed E-state index contributed by atoms with van der Waals surface area (Å²) in [7, 11) is 0. The molecule has 2 aromatic rings. The van der Waals surface area contributed by atoms with Crippen LogP contribution in [0.5, 0.6) is 0 Å². The van der Waals surface area contributed by atoms with Crippen LogP contribution in [0.1, 0.15) is 16.8 Å². The van der Waals surface area contributed by atoms with E-state index in [2.05, 4.69) is 35.8 Å². The van der Waals surface area contributed by atoms with E-state index in [4.69, 9.17) is 6.57 Å². The second-order valence-electron chi connectivity index (χ2n) is 3.83. The molecule has 2 nitrogen and oxygen atoms in total. The van der Waals surface area contributed by atoms with Crippen molar-refractivity contribution in [1.82, 2.24) is 4.98 Å². The van der Waals surface area contributed by atoms with Crippen molar-refractivity contribution in [2.45, 2.75) is 20.8 Å².